The Morgan fingerprint density at radius 1 is 0.784 bits per heavy atom. The maximum atomic E-state index is 14.1. The van der Waals surface area contributed by atoms with Gasteiger partial charge >= 0.3 is 0 Å². The first kappa shape index (κ1) is 24.4. The van der Waals surface area contributed by atoms with Crippen LogP contribution in [0.3, 0.4) is 0 Å². The molecular formula is C32H31N3O2. The first-order valence-electron chi connectivity index (χ1n) is 12.5. The van der Waals surface area contributed by atoms with Crippen LogP contribution in [0.15, 0.2) is 78.9 Å². The Balaban J connectivity index is 1.75. The predicted molar refractivity (Wildman–Crippen MR) is 148 cm³/mol. The number of aromatic nitrogens is 1. The van der Waals surface area contributed by atoms with Gasteiger partial charge in [-0.15, -0.1) is 0 Å². The van der Waals surface area contributed by atoms with Crippen molar-refractivity contribution < 1.29 is 9.59 Å². The quantitative estimate of drug-likeness (QED) is 0.345. The number of anilines is 2. The Morgan fingerprint density at radius 2 is 1.41 bits per heavy atom. The lowest BCUT2D eigenvalue weighted by atomic mass is 9.78. The van der Waals surface area contributed by atoms with Crippen LogP contribution in [0.1, 0.15) is 61.4 Å². The van der Waals surface area contributed by atoms with Crippen molar-refractivity contribution in [1.29, 1.82) is 0 Å². The summed E-state index contributed by atoms with van der Waals surface area (Å²) in [7, 11) is 0. The molecule has 5 nitrogen and oxygen atoms in total. The van der Waals surface area contributed by atoms with Gasteiger partial charge in [0.2, 0.25) is 5.91 Å². The van der Waals surface area contributed by atoms with E-state index in [-0.39, 0.29) is 11.8 Å². The van der Waals surface area contributed by atoms with Gasteiger partial charge in [-0.1, -0.05) is 59.7 Å². The minimum absolute atomic E-state index is 0.109. The number of nitrogens with one attached hydrogen (secondary N) is 1. The Kier molecular flexibility index (Phi) is 6.38. The maximum absolute atomic E-state index is 14.1. The number of amides is 2. The summed E-state index contributed by atoms with van der Waals surface area (Å²) in [6.45, 7) is 10.0. The standard InChI is InChI=1S/C32H31N3O2/c1-19-13-20(2)16-24(15-19)30-29(31(36)34-28-12-8-9-23(5)33-28)26-10-6-7-11-27(26)32(37)35(30)25-17-21(3)14-22(4)18-25/h6-18,29-30H,1-5H3,(H,33,34,36)/t29-,30+/m1/s1. The van der Waals surface area contributed by atoms with Gasteiger partial charge in [0, 0.05) is 16.9 Å². The summed E-state index contributed by atoms with van der Waals surface area (Å²) in [4.78, 5) is 34.6. The zero-order valence-corrected chi connectivity index (χ0v) is 21.9. The molecule has 4 aromatic rings. The van der Waals surface area contributed by atoms with E-state index in [1.807, 2.05) is 88.0 Å². The molecule has 1 aliphatic rings. The summed E-state index contributed by atoms with van der Waals surface area (Å²) in [6, 6.07) is 24.9. The molecule has 0 fully saturated rings. The highest BCUT2D eigenvalue weighted by molar-refractivity contribution is 6.12. The monoisotopic (exact) mass is 489 g/mol. The topological polar surface area (TPSA) is 62.3 Å². The van der Waals surface area contributed by atoms with Crippen LogP contribution in [-0.2, 0) is 4.79 Å². The molecule has 3 aromatic carbocycles. The first-order valence-corrected chi connectivity index (χ1v) is 12.5. The Bertz CT molecular complexity index is 1480. The average molecular weight is 490 g/mol. The van der Waals surface area contributed by atoms with Crippen LogP contribution in [0.25, 0.3) is 0 Å². The second-order valence-corrected chi connectivity index (χ2v) is 10.1. The molecule has 0 saturated heterocycles. The minimum atomic E-state index is -0.641. The molecule has 0 bridgehead atoms. The van der Waals surface area contributed by atoms with E-state index in [2.05, 4.69) is 34.6 Å². The van der Waals surface area contributed by atoms with E-state index < -0.39 is 12.0 Å². The van der Waals surface area contributed by atoms with Crippen LogP contribution in [0.2, 0.25) is 0 Å². The van der Waals surface area contributed by atoms with Crippen LogP contribution in [0.5, 0.6) is 0 Å². The van der Waals surface area contributed by atoms with Crippen molar-refractivity contribution in [2.24, 2.45) is 0 Å². The molecule has 0 unspecified atom stereocenters. The van der Waals surface area contributed by atoms with E-state index in [0.29, 0.717) is 11.4 Å². The number of carbonyl (C=O) groups is 2. The number of pyridine rings is 1. The fourth-order valence-electron chi connectivity index (χ4n) is 5.53. The normalized spacial score (nSPS) is 16.9. The molecule has 5 heteroatoms. The molecule has 1 aliphatic heterocycles. The lowest BCUT2D eigenvalue weighted by molar-refractivity contribution is -0.118. The summed E-state index contributed by atoms with van der Waals surface area (Å²) in [5.74, 6) is -0.450. The molecule has 0 spiro atoms. The van der Waals surface area contributed by atoms with Crippen molar-refractivity contribution in [1.82, 2.24) is 4.98 Å². The van der Waals surface area contributed by atoms with Gasteiger partial charge in [0.05, 0.1) is 12.0 Å². The Labute approximate surface area is 218 Å². The van der Waals surface area contributed by atoms with Crippen LogP contribution >= 0.6 is 0 Å². The van der Waals surface area contributed by atoms with Gasteiger partial charge in [0.1, 0.15) is 5.82 Å². The third kappa shape index (κ3) is 4.77. The minimum Gasteiger partial charge on any atom is -0.310 e. The highest BCUT2D eigenvalue weighted by Crippen LogP contribution is 2.46. The number of carbonyl (C=O) groups excluding carboxylic acids is 2. The highest BCUT2D eigenvalue weighted by Gasteiger charge is 2.45. The van der Waals surface area contributed by atoms with Crippen molar-refractivity contribution >= 4 is 23.3 Å². The van der Waals surface area contributed by atoms with Crippen molar-refractivity contribution in [2.75, 3.05) is 10.2 Å². The number of hydrogen-bond acceptors (Lipinski definition) is 3. The molecule has 186 valence electrons. The number of benzene rings is 3. The molecule has 0 saturated carbocycles. The molecule has 2 atom stereocenters. The average Bonchev–Trinajstić information content (AvgIpc) is 2.82. The smallest absolute Gasteiger partial charge is 0.259 e. The van der Waals surface area contributed by atoms with Crippen LogP contribution in [0, 0.1) is 34.6 Å². The van der Waals surface area contributed by atoms with Gasteiger partial charge in [0.15, 0.2) is 0 Å². The summed E-state index contributed by atoms with van der Waals surface area (Å²) >= 11 is 0. The molecule has 1 aromatic heterocycles. The van der Waals surface area contributed by atoms with Crippen LogP contribution < -0.4 is 10.2 Å². The van der Waals surface area contributed by atoms with Gasteiger partial charge in [-0.05, 0) is 87.2 Å². The van der Waals surface area contributed by atoms with Crippen molar-refractivity contribution in [3.05, 3.63) is 124 Å². The Hall–Kier alpha value is -4.25. The zero-order valence-electron chi connectivity index (χ0n) is 21.9. The number of fused-ring (bicyclic) bond motifs is 1. The van der Waals surface area contributed by atoms with E-state index in [1.54, 1.807) is 6.07 Å². The van der Waals surface area contributed by atoms with E-state index >= 15 is 0 Å². The fraction of sp³-hybridized carbons (Fsp3) is 0.219. The molecule has 2 amide bonds. The maximum Gasteiger partial charge on any atom is 0.259 e. The van der Waals surface area contributed by atoms with E-state index in [9.17, 15) is 9.59 Å². The zero-order chi connectivity index (χ0) is 26.3. The number of aryl methyl sites for hydroxylation is 5. The summed E-state index contributed by atoms with van der Waals surface area (Å²) < 4.78 is 0. The number of rotatable bonds is 4. The SMILES string of the molecule is Cc1cc(C)cc([C@H]2[C@H](C(=O)Nc3cccc(C)n3)c3ccccc3C(=O)N2c2cc(C)cc(C)c2)c1. The third-order valence-electron chi connectivity index (χ3n) is 6.83. The van der Waals surface area contributed by atoms with Crippen molar-refractivity contribution in [2.45, 2.75) is 46.6 Å². The number of hydrogen-bond donors (Lipinski definition) is 1. The van der Waals surface area contributed by atoms with Crippen LogP contribution in [-0.4, -0.2) is 16.8 Å². The molecule has 5 rings (SSSR count). The van der Waals surface area contributed by atoms with E-state index in [4.69, 9.17) is 0 Å². The second-order valence-electron chi connectivity index (χ2n) is 10.1. The lowest BCUT2D eigenvalue weighted by Gasteiger charge is -2.42. The van der Waals surface area contributed by atoms with Gasteiger partial charge in [-0.2, -0.15) is 0 Å². The first-order chi connectivity index (χ1) is 17.7. The van der Waals surface area contributed by atoms with E-state index in [1.165, 1.54) is 0 Å². The number of nitrogens with zero attached hydrogens (tertiary/aromatic N) is 2. The molecular weight excluding hydrogens is 458 g/mol. The third-order valence-corrected chi connectivity index (χ3v) is 6.83. The highest BCUT2D eigenvalue weighted by atomic mass is 16.2. The second kappa shape index (κ2) is 9.66. The fourth-order valence-corrected chi connectivity index (χ4v) is 5.53. The van der Waals surface area contributed by atoms with Crippen LogP contribution in [0.4, 0.5) is 11.5 Å². The van der Waals surface area contributed by atoms with Crippen molar-refractivity contribution in [3.63, 3.8) is 0 Å². The van der Waals surface area contributed by atoms with Gasteiger partial charge in [-0.25, -0.2) is 4.98 Å². The summed E-state index contributed by atoms with van der Waals surface area (Å²) in [5.41, 5.74) is 8.09. The molecule has 1 N–H and O–H groups in total. The summed E-state index contributed by atoms with van der Waals surface area (Å²) in [6.07, 6.45) is 0. The summed E-state index contributed by atoms with van der Waals surface area (Å²) in [5, 5.41) is 3.04. The van der Waals surface area contributed by atoms with Gasteiger partial charge < -0.3 is 5.32 Å². The van der Waals surface area contributed by atoms with E-state index in [0.717, 1.165) is 44.8 Å². The molecule has 0 aliphatic carbocycles. The molecule has 0 radical (unpaired) electrons. The van der Waals surface area contributed by atoms with Crippen molar-refractivity contribution in [3.8, 4) is 0 Å². The van der Waals surface area contributed by atoms with Gasteiger partial charge in [0.25, 0.3) is 5.91 Å². The Morgan fingerprint density at radius 3 is 2.05 bits per heavy atom. The molecule has 37 heavy (non-hydrogen) atoms. The largest absolute Gasteiger partial charge is 0.310 e. The lowest BCUT2D eigenvalue weighted by Crippen LogP contribution is -2.46. The predicted octanol–water partition coefficient (Wildman–Crippen LogP) is 6.75. The molecule has 2 heterocycles. The van der Waals surface area contributed by atoms with Gasteiger partial charge in [-0.3, -0.25) is 14.5 Å².